The number of allylic oxidation sites excluding steroid dienone is 2. The van der Waals surface area contributed by atoms with Crippen LogP contribution in [-0.2, 0) is 9.59 Å². The van der Waals surface area contributed by atoms with Gasteiger partial charge in [-0.3, -0.25) is 33.9 Å². The molecule has 1 unspecified atom stereocenters. The van der Waals surface area contributed by atoms with Gasteiger partial charge in [0.25, 0.3) is 0 Å². The molecule has 0 aliphatic heterocycles. The third kappa shape index (κ3) is 22.6. The predicted molar refractivity (Wildman–Crippen MR) is 151 cm³/mol. The van der Waals surface area contributed by atoms with Crippen LogP contribution in [-0.4, -0.2) is 11.6 Å². The number of rotatable bonds is 4. The smallest absolute Gasteiger partial charge is 0.699 e. The Hall–Kier alpha value is -1.87. The molecule has 4 nitrogen and oxygen atoms in total. The van der Waals surface area contributed by atoms with Crippen LogP contribution in [0.2, 0.25) is 0 Å². The number of ketones is 2. The van der Waals surface area contributed by atoms with Crippen LogP contribution < -0.4 is 56.6 Å². The molecule has 39 heavy (non-hydrogen) atoms. The molecule has 0 aromatic heterocycles. The van der Waals surface area contributed by atoms with Gasteiger partial charge in [0, 0.05) is 12.3 Å². The van der Waals surface area contributed by atoms with Gasteiger partial charge in [-0.05, 0) is 25.5 Å². The third-order valence-corrected chi connectivity index (χ3v) is 5.00. The molecule has 1 atom stereocenters. The molecule has 0 spiro atoms. The van der Waals surface area contributed by atoms with Crippen molar-refractivity contribution in [2.45, 2.75) is 46.0 Å². The molecule has 0 saturated carbocycles. The Morgan fingerprint density at radius 1 is 0.821 bits per heavy atom. The number of carbonyl (C=O) groups is 2. The zero-order valence-corrected chi connectivity index (χ0v) is 24.6. The summed E-state index contributed by atoms with van der Waals surface area (Å²) in [6.07, 6.45) is 7.01. The number of carbonyl (C=O) groups excluding carboxylic acids is 2. The van der Waals surface area contributed by atoms with Crippen LogP contribution in [0.1, 0.15) is 43.2 Å². The first-order valence-corrected chi connectivity index (χ1v) is 11.7. The Balaban J connectivity index is -0.000000210. The van der Waals surface area contributed by atoms with E-state index in [9.17, 15) is 9.59 Å². The second kappa shape index (κ2) is 27.7. The first-order valence-electron chi connectivity index (χ1n) is 11.7. The molecule has 0 heterocycles. The Kier molecular flexibility index (Phi) is 31.4. The van der Waals surface area contributed by atoms with Crippen molar-refractivity contribution in [1.82, 2.24) is 0 Å². The van der Waals surface area contributed by atoms with Crippen molar-refractivity contribution in [3.05, 3.63) is 134 Å². The van der Waals surface area contributed by atoms with E-state index in [1.54, 1.807) is 18.2 Å². The molecule has 194 valence electrons. The SMILES string of the molecule is Cc1cc([NH-])ccc1[NH-].Cc1cc[c-]cc1.[CH2-]CCCCC1CC(=O)C=CC1=O.[CH3-].[Li+].[Li+].[Li+].[c-]1cc[c-]cc1. The monoisotopic (exact) mass is 502 g/mol. The molecule has 0 radical (unpaired) electrons. The number of nitrogens with one attached hydrogen (secondary N) is 2. The van der Waals surface area contributed by atoms with Crippen LogP contribution in [0.4, 0.5) is 11.4 Å². The van der Waals surface area contributed by atoms with E-state index >= 15 is 0 Å². The van der Waals surface area contributed by atoms with Crippen molar-refractivity contribution in [2.24, 2.45) is 5.92 Å². The molecule has 0 amide bonds. The maximum atomic E-state index is 11.3. The van der Waals surface area contributed by atoms with Gasteiger partial charge in [0.1, 0.15) is 0 Å². The minimum atomic E-state index is -0.0518. The zero-order valence-electron chi connectivity index (χ0n) is 24.6. The van der Waals surface area contributed by atoms with Crippen LogP contribution in [0.25, 0.3) is 11.5 Å². The Morgan fingerprint density at radius 2 is 1.36 bits per heavy atom. The second-order valence-corrected chi connectivity index (χ2v) is 8.06. The van der Waals surface area contributed by atoms with Gasteiger partial charge >= 0.3 is 56.6 Å². The van der Waals surface area contributed by atoms with Crippen molar-refractivity contribution in [1.29, 1.82) is 0 Å². The minimum absolute atomic E-state index is 0. The van der Waals surface area contributed by atoms with E-state index in [0.29, 0.717) is 17.8 Å². The summed E-state index contributed by atoms with van der Waals surface area (Å²) in [4.78, 5) is 22.3. The van der Waals surface area contributed by atoms with Crippen molar-refractivity contribution in [3.63, 3.8) is 0 Å². The second-order valence-electron chi connectivity index (χ2n) is 8.06. The summed E-state index contributed by atoms with van der Waals surface area (Å²) in [5.74, 6) is 0.145. The Morgan fingerprint density at radius 3 is 1.77 bits per heavy atom. The fraction of sp³-hybridized carbons (Fsp3) is 0.250. The molecule has 0 bridgehead atoms. The quantitative estimate of drug-likeness (QED) is 0.286. The van der Waals surface area contributed by atoms with Crippen molar-refractivity contribution >= 4 is 22.9 Å². The average molecular weight is 502 g/mol. The van der Waals surface area contributed by atoms with E-state index in [-0.39, 0.29) is 81.5 Å². The molecule has 3 aromatic carbocycles. The molecule has 1 aliphatic carbocycles. The van der Waals surface area contributed by atoms with Gasteiger partial charge in [-0.1, -0.05) is 43.5 Å². The Bertz CT molecular complexity index is 1000. The number of hydrogen-bond donors (Lipinski definition) is 0. The fourth-order valence-electron chi connectivity index (χ4n) is 2.97. The summed E-state index contributed by atoms with van der Waals surface area (Å²) in [6.45, 7) is 7.63. The van der Waals surface area contributed by atoms with Gasteiger partial charge in [0.05, 0.1) is 0 Å². The van der Waals surface area contributed by atoms with Crippen LogP contribution in [0.5, 0.6) is 0 Å². The molecular weight excluding hydrogens is 465 g/mol. The summed E-state index contributed by atoms with van der Waals surface area (Å²) in [5.41, 5.74) is 17.5. The zero-order chi connectivity index (χ0) is 25.9. The van der Waals surface area contributed by atoms with Gasteiger partial charge < -0.3 is 38.0 Å². The number of aryl methyl sites for hydroxylation is 2. The number of benzene rings is 3. The summed E-state index contributed by atoms with van der Waals surface area (Å²) < 4.78 is 0. The van der Waals surface area contributed by atoms with Gasteiger partial charge in [0.2, 0.25) is 0 Å². The molecule has 3 aromatic rings. The number of unbranched alkanes of at least 4 members (excludes halogenated alkanes) is 2. The van der Waals surface area contributed by atoms with Gasteiger partial charge in [-0.25, -0.2) is 0 Å². The molecule has 0 saturated heterocycles. The first kappa shape index (κ1) is 44.2. The standard InChI is InChI=1S/C11H15O2.C7H8N2.C7H7.C6H4.CH3.3Li/c1-2-3-4-5-9-8-10(12)6-7-11(9)13;1-5-4-6(8)2-3-7(5)9;1-7-5-3-2-4-6-7;1-2-4-6-5-3-1;;;;/h6-7,9H,1-5,8H2;2-4,8-9H,1H3;3-6H,1H3;1-2,5-6H;1H3;;;/q-1;-2;-1;-2;-1;3*+1. The fourth-order valence-corrected chi connectivity index (χ4v) is 2.97. The van der Waals surface area contributed by atoms with E-state index in [4.69, 9.17) is 11.5 Å². The number of hydrogen-bond acceptors (Lipinski definition) is 2. The van der Waals surface area contributed by atoms with Crippen molar-refractivity contribution in [2.75, 3.05) is 0 Å². The van der Waals surface area contributed by atoms with E-state index in [2.05, 4.69) is 32.0 Å². The summed E-state index contributed by atoms with van der Waals surface area (Å²) in [5, 5.41) is 0. The maximum Gasteiger partial charge on any atom is 1.00 e. The third-order valence-electron chi connectivity index (χ3n) is 5.00. The van der Waals surface area contributed by atoms with E-state index in [1.165, 1.54) is 17.7 Å². The molecule has 0 fully saturated rings. The normalized spacial score (nSPS) is 12.4. The summed E-state index contributed by atoms with van der Waals surface area (Å²) >= 11 is 0. The van der Waals surface area contributed by atoms with Crippen molar-refractivity contribution in [3.8, 4) is 0 Å². The van der Waals surface area contributed by atoms with Crippen LogP contribution >= 0.6 is 0 Å². The van der Waals surface area contributed by atoms with Crippen LogP contribution in [0, 0.1) is 52.3 Å². The largest absolute Gasteiger partial charge is 1.00 e. The molecular formula is C32H37Li3N2O2-4. The summed E-state index contributed by atoms with van der Waals surface area (Å²) in [6, 6.07) is 28.8. The Labute approximate surface area is 273 Å². The minimum Gasteiger partial charge on any atom is -0.699 e. The van der Waals surface area contributed by atoms with Gasteiger partial charge in [-0.15, -0.1) is 11.4 Å². The summed E-state index contributed by atoms with van der Waals surface area (Å²) in [7, 11) is 0. The van der Waals surface area contributed by atoms with E-state index in [1.807, 2.05) is 55.5 Å². The van der Waals surface area contributed by atoms with E-state index < -0.39 is 0 Å². The average Bonchev–Trinajstić information content (AvgIpc) is 2.87. The van der Waals surface area contributed by atoms with Crippen LogP contribution in [0.15, 0.2) is 78.9 Å². The first-order chi connectivity index (χ1) is 16.8. The van der Waals surface area contributed by atoms with Crippen LogP contribution in [0.3, 0.4) is 0 Å². The van der Waals surface area contributed by atoms with Crippen molar-refractivity contribution < 1.29 is 66.2 Å². The maximum absolute atomic E-state index is 11.3. The molecule has 4 rings (SSSR count). The predicted octanol–water partition coefficient (Wildman–Crippen LogP) is 0.00209. The topological polar surface area (TPSA) is 81.7 Å². The van der Waals surface area contributed by atoms with Gasteiger partial charge in [0.15, 0.2) is 11.6 Å². The molecule has 2 N–H and O–H groups in total. The van der Waals surface area contributed by atoms with E-state index in [0.717, 1.165) is 31.2 Å². The van der Waals surface area contributed by atoms with Gasteiger partial charge in [-0.2, -0.15) is 42.3 Å². The molecule has 1 aliphatic rings. The molecule has 7 heteroatoms.